The molecule has 0 bridgehead atoms. The van der Waals surface area contributed by atoms with Gasteiger partial charge in [-0.25, -0.2) is 0 Å². The summed E-state index contributed by atoms with van der Waals surface area (Å²) in [5.41, 5.74) is -0.725. The van der Waals surface area contributed by atoms with Gasteiger partial charge in [-0.2, -0.15) is 18.4 Å². The number of alkyl halides is 3. The molecule has 2 rings (SSSR count). The van der Waals surface area contributed by atoms with E-state index in [1.54, 1.807) is 0 Å². The molecule has 0 aliphatic carbocycles. The molecule has 1 heterocycles. The lowest BCUT2D eigenvalue weighted by molar-refractivity contribution is -0.154. The number of halogens is 3. The summed E-state index contributed by atoms with van der Waals surface area (Å²) in [7, 11) is 1.44. The molecule has 100 valence electrons. The summed E-state index contributed by atoms with van der Waals surface area (Å²) < 4.78 is 38.1. The van der Waals surface area contributed by atoms with E-state index in [1.165, 1.54) is 37.1 Å². The van der Waals surface area contributed by atoms with E-state index in [1.807, 2.05) is 6.07 Å². The third-order valence-electron chi connectivity index (χ3n) is 3.41. The van der Waals surface area contributed by atoms with E-state index in [0.29, 0.717) is 5.69 Å². The number of carbonyl (C=O) groups excluding carboxylic acids is 1. The van der Waals surface area contributed by atoms with Gasteiger partial charge in [0, 0.05) is 12.7 Å². The predicted molar refractivity (Wildman–Crippen MR) is 62.6 cm³/mol. The van der Waals surface area contributed by atoms with Crippen molar-refractivity contribution in [3.05, 3.63) is 29.3 Å². The lowest BCUT2D eigenvalue weighted by atomic mass is 9.80. The number of anilines is 1. The Morgan fingerprint density at radius 3 is 2.58 bits per heavy atom. The van der Waals surface area contributed by atoms with Crippen molar-refractivity contribution >= 4 is 11.6 Å². The standard InChI is InChI=1S/C13H11F3N2O/c1-12(7-13(14,15)16)9-5-8(6-17)3-4-10(9)18(2)11(12)19/h3-5H,7H2,1-2H3. The number of amides is 1. The average Bonchev–Trinajstić information content (AvgIpc) is 2.49. The summed E-state index contributed by atoms with van der Waals surface area (Å²) >= 11 is 0. The molecule has 1 amide bonds. The highest BCUT2D eigenvalue weighted by molar-refractivity contribution is 6.07. The fourth-order valence-corrected chi connectivity index (χ4v) is 2.51. The zero-order valence-electron chi connectivity index (χ0n) is 10.4. The summed E-state index contributed by atoms with van der Waals surface area (Å²) in [5.74, 6) is -0.602. The Hall–Kier alpha value is -2.03. The van der Waals surface area contributed by atoms with Crippen LogP contribution in [-0.2, 0) is 10.2 Å². The summed E-state index contributed by atoms with van der Waals surface area (Å²) in [4.78, 5) is 13.3. The second-order valence-electron chi connectivity index (χ2n) is 4.83. The number of hydrogen-bond donors (Lipinski definition) is 0. The van der Waals surface area contributed by atoms with Gasteiger partial charge in [0.1, 0.15) is 0 Å². The number of likely N-dealkylation sites (N-methyl/N-ethyl adjacent to an activating group) is 1. The molecule has 1 aromatic rings. The molecule has 0 N–H and O–H groups in total. The summed E-state index contributed by atoms with van der Waals surface area (Å²) in [6, 6.07) is 6.23. The zero-order valence-corrected chi connectivity index (χ0v) is 10.4. The summed E-state index contributed by atoms with van der Waals surface area (Å²) in [5, 5.41) is 8.83. The minimum Gasteiger partial charge on any atom is -0.314 e. The Morgan fingerprint density at radius 1 is 1.42 bits per heavy atom. The van der Waals surface area contributed by atoms with E-state index in [2.05, 4.69) is 0 Å². The Kier molecular flexibility index (Phi) is 2.81. The molecule has 1 aliphatic heterocycles. The van der Waals surface area contributed by atoms with Crippen molar-refractivity contribution < 1.29 is 18.0 Å². The predicted octanol–water partition coefficient (Wildman–Crippen LogP) is 2.74. The summed E-state index contributed by atoms with van der Waals surface area (Å²) in [6.07, 6.45) is -5.68. The molecule has 0 aromatic heterocycles. The van der Waals surface area contributed by atoms with Crippen molar-refractivity contribution in [2.75, 3.05) is 11.9 Å². The van der Waals surface area contributed by atoms with Crippen LogP contribution in [0.5, 0.6) is 0 Å². The molecule has 0 radical (unpaired) electrons. The third kappa shape index (κ3) is 2.05. The molecule has 1 unspecified atom stereocenters. The topological polar surface area (TPSA) is 44.1 Å². The third-order valence-corrected chi connectivity index (χ3v) is 3.41. The second kappa shape index (κ2) is 3.98. The monoisotopic (exact) mass is 268 g/mol. The van der Waals surface area contributed by atoms with Crippen LogP contribution in [-0.4, -0.2) is 19.1 Å². The van der Waals surface area contributed by atoms with Crippen molar-refractivity contribution in [3.8, 4) is 6.07 Å². The molecule has 1 aliphatic rings. The van der Waals surface area contributed by atoms with Gasteiger partial charge >= 0.3 is 6.18 Å². The van der Waals surface area contributed by atoms with Crippen LogP contribution in [0, 0.1) is 11.3 Å². The maximum absolute atomic E-state index is 12.7. The molecule has 6 heteroatoms. The van der Waals surface area contributed by atoms with Gasteiger partial charge in [-0.3, -0.25) is 4.79 Å². The van der Waals surface area contributed by atoms with E-state index in [0.717, 1.165) is 0 Å². The van der Waals surface area contributed by atoms with E-state index in [9.17, 15) is 18.0 Å². The van der Waals surface area contributed by atoms with Gasteiger partial charge in [-0.15, -0.1) is 0 Å². The first-order chi connectivity index (χ1) is 8.69. The number of benzene rings is 1. The van der Waals surface area contributed by atoms with E-state index >= 15 is 0 Å². The van der Waals surface area contributed by atoms with Crippen LogP contribution in [0.3, 0.4) is 0 Å². The minimum absolute atomic E-state index is 0.246. The molecule has 19 heavy (non-hydrogen) atoms. The smallest absolute Gasteiger partial charge is 0.314 e. The first-order valence-electron chi connectivity index (χ1n) is 5.58. The molecular weight excluding hydrogens is 257 g/mol. The van der Waals surface area contributed by atoms with Crippen molar-refractivity contribution in [3.63, 3.8) is 0 Å². The number of nitrogens with zero attached hydrogens (tertiary/aromatic N) is 2. The largest absolute Gasteiger partial charge is 0.390 e. The maximum atomic E-state index is 12.7. The number of nitriles is 1. The zero-order chi connectivity index (χ0) is 14.4. The van der Waals surface area contributed by atoms with Gasteiger partial charge in [-0.1, -0.05) is 0 Å². The molecule has 1 aromatic carbocycles. The van der Waals surface area contributed by atoms with Crippen molar-refractivity contribution in [2.24, 2.45) is 0 Å². The van der Waals surface area contributed by atoms with Crippen LogP contribution < -0.4 is 4.90 Å². The van der Waals surface area contributed by atoms with Crippen LogP contribution in [0.25, 0.3) is 0 Å². The lowest BCUT2D eigenvalue weighted by Gasteiger charge is -2.24. The van der Waals surface area contributed by atoms with Crippen LogP contribution >= 0.6 is 0 Å². The van der Waals surface area contributed by atoms with Gasteiger partial charge in [0.05, 0.1) is 23.5 Å². The van der Waals surface area contributed by atoms with E-state index in [-0.39, 0.29) is 11.1 Å². The van der Waals surface area contributed by atoms with Crippen LogP contribution in [0.2, 0.25) is 0 Å². The molecule has 0 fully saturated rings. The van der Waals surface area contributed by atoms with Gasteiger partial charge in [0.15, 0.2) is 0 Å². The van der Waals surface area contributed by atoms with Crippen molar-refractivity contribution in [1.29, 1.82) is 5.26 Å². The van der Waals surface area contributed by atoms with Crippen LogP contribution in [0.15, 0.2) is 18.2 Å². The van der Waals surface area contributed by atoms with Crippen LogP contribution in [0.1, 0.15) is 24.5 Å². The first-order valence-corrected chi connectivity index (χ1v) is 5.58. The van der Waals surface area contributed by atoms with Crippen molar-refractivity contribution in [1.82, 2.24) is 0 Å². The average molecular weight is 268 g/mol. The highest BCUT2D eigenvalue weighted by atomic mass is 19.4. The van der Waals surface area contributed by atoms with Gasteiger partial charge < -0.3 is 4.90 Å². The Bertz CT molecular complexity index is 589. The molecule has 0 saturated heterocycles. The molecule has 3 nitrogen and oxygen atoms in total. The summed E-state index contributed by atoms with van der Waals surface area (Å²) in [6.45, 7) is 1.27. The minimum atomic E-state index is -4.45. The number of fused-ring (bicyclic) bond motifs is 1. The first kappa shape index (κ1) is 13.4. The number of rotatable bonds is 1. The molecule has 0 saturated carbocycles. The van der Waals surface area contributed by atoms with E-state index in [4.69, 9.17) is 5.26 Å². The quantitative estimate of drug-likeness (QED) is 0.786. The fourth-order valence-electron chi connectivity index (χ4n) is 2.51. The van der Waals surface area contributed by atoms with Gasteiger partial charge in [-0.05, 0) is 30.7 Å². The fraction of sp³-hybridized carbons (Fsp3) is 0.385. The Balaban J connectivity index is 2.60. The van der Waals surface area contributed by atoms with Gasteiger partial charge in [0.2, 0.25) is 5.91 Å². The number of hydrogen-bond acceptors (Lipinski definition) is 2. The Labute approximate surface area is 108 Å². The lowest BCUT2D eigenvalue weighted by Crippen LogP contribution is -2.39. The van der Waals surface area contributed by atoms with Gasteiger partial charge in [0.25, 0.3) is 0 Å². The highest BCUT2D eigenvalue weighted by Gasteiger charge is 2.52. The highest BCUT2D eigenvalue weighted by Crippen LogP contribution is 2.47. The molecular formula is C13H11F3N2O. The van der Waals surface area contributed by atoms with Crippen LogP contribution in [0.4, 0.5) is 18.9 Å². The molecule has 1 atom stereocenters. The van der Waals surface area contributed by atoms with Crippen molar-refractivity contribution in [2.45, 2.75) is 24.9 Å². The Morgan fingerprint density at radius 2 is 2.05 bits per heavy atom. The second-order valence-corrected chi connectivity index (χ2v) is 4.83. The SMILES string of the molecule is CN1C(=O)C(C)(CC(F)(F)F)c2cc(C#N)ccc21. The number of carbonyl (C=O) groups is 1. The molecule has 0 spiro atoms. The van der Waals surface area contributed by atoms with E-state index < -0.39 is 23.9 Å². The maximum Gasteiger partial charge on any atom is 0.390 e. The normalized spacial score (nSPS) is 22.3.